The summed E-state index contributed by atoms with van der Waals surface area (Å²) < 4.78 is 18.4. The van der Waals surface area contributed by atoms with E-state index in [2.05, 4.69) is 5.32 Å². The highest BCUT2D eigenvalue weighted by atomic mass is 19.1. The van der Waals surface area contributed by atoms with Crippen LogP contribution in [0.5, 0.6) is 5.75 Å². The number of rotatable bonds is 3. The molecular formula is C14H15FN2O. The first-order chi connectivity index (χ1) is 8.60. The minimum atomic E-state index is -0.393. The van der Waals surface area contributed by atoms with Crippen LogP contribution in [0, 0.1) is 12.7 Å². The smallest absolute Gasteiger partial charge is 0.167 e. The summed E-state index contributed by atoms with van der Waals surface area (Å²) in [5.74, 6) is -0.162. The molecule has 0 saturated carbocycles. The zero-order chi connectivity index (χ0) is 13.1. The Labute approximate surface area is 105 Å². The van der Waals surface area contributed by atoms with Crippen LogP contribution in [0.25, 0.3) is 0 Å². The van der Waals surface area contributed by atoms with E-state index in [1.165, 1.54) is 13.2 Å². The molecule has 2 aromatic rings. The quantitative estimate of drug-likeness (QED) is 0.815. The van der Waals surface area contributed by atoms with Gasteiger partial charge in [-0.05, 0) is 42.8 Å². The topological polar surface area (TPSA) is 47.3 Å². The van der Waals surface area contributed by atoms with Crippen molar-refractivity contribution < 1.29 is 9.13 Å². The fourth-order valence-electron chi connectivity index (χ4n) is 1.73. The summed E-state index contributed by atoms with van der Waals surface area (Å²) in [5.41, 5.74) is 8.96. The van der Waals surface area contributed by atoms with E-state index in [1.54, 1.807) is 18.2 Å². The van der Waals surface area contributed by atoms with E-state index in [-0.39, 0.29) is 5.75 Å². The van der Waals surface area contributed by atoms with Crippen molar-refractivity contribution in [3.05, 3.63) is 47.8 Å². The summed E-state index contributed by atoms with van der Waals surface area (Å²) >= 11 is 0. The van der Waals surface area contributed by atoms with Crippen molar-refractivity contribution in [1.82, 2.24) is 0 Å². The first-order valence-electron chi connectivity index (χ1n) is 5.57. The minimum absolute atomic E-state index is 0.231. The predicted molar refractivity (Wildman–Crippen MR) is 71.8 cm³/mol. The molecule has 0 aromatic heterocycles. The highest BCUT2D eigenvalue weighted by Crippen LogP contribution is 2.25. The fraction of sp³-hybridized carbons (Fsp3) is 0.143. The van der Waals surface area contributed by atoms with Crippen LogP contribution in [0.2, 0.25) is 0 Å². The molecule has 18 heavy (non-hydrogen) atoms. The van der Waals surface area contributed by atoms with Gasteiger partial charge in [0.25, 0.3) is 0 Å². The van der Waals surface area contributed by atoms with Crippen LogP contribution in [0.4, 0.5) is 21.5 Å². The van der Waals surface area contributed by atoms with Crippen LogP contribution in [0.15, 0.2) is 36.4 Å². The molecule has 3 N–H and O–H groups in total. The minimum Gasteiger partial charge on any atom is -0.494 e. The highest BCUT2D eigenvalue weighted by Gasteiger charge is 2.04. The number of halogens is 1. The normalized spacial score (nSPS) is 10.2. The van der Waals surface area contributed by atoms with Gasteiger partial charge in [0.2, 0.25) is 0 Å². The third-order valence-electron chi connectivity index (χ3n) is 2.68. The van der Waals surface area contributed by atoms with Gasteiger partial charge >= 0.3 is 0 Å². The second kappa shape index (κ2) is 4.96. The number of nitrogens with two attached hydrogens (primary N) is 1. The van der Waals surface area contributed by atoms with Crippen molar-refractivity contribution in [3.8, 4) is 5.75 Å². The molecule has 0 saturated heterocycles. The Morgan fingerprint density at radius 2 is 1.94 bits per heavy atom. The summed E-state index contributed by atoms with van der Waals surface area (Å²) in [5, 5.41) is 3.14. The van der Waals surface area contributed by atoms with Crippen molar-refractivity contribution in [2.75, 3.05) is 18.2 Å². The van der Waals surface area contributed by atoms with E-state index in [0.29, 0.717) is 11.4 Å². The summed E-state index contributed by atoms with van der Waals surface area (Å²) in [6.45, 7) is 1.94. The number of aryl methyl sites for hydroxylation is 1. The molecule has 0 aliphatic carbocycles. The Morgan fingerprint density at radius 1 is 1.17 bits per heavy atom. The number of ether oxygens (including phenoxy) is 1. The molecule has 2 rings (SSSR count). The van der Waals surface area contributed by atoms with Gasteiger partial charge in [0.1, 0.15) is 0 Å². The van der Waals surface area contributed by atoms with Crippen LogP contribution >= 0.6 is 0 Å². The molecule has 0 bridgehead atoms. The van der Waals surface area contributed by atoms with Gasteiger partial charge in [-0.1, -0.05) is 0 Å². The Balaban J connectivity index is 2.26. The van der Waals surface area contributed by atoms with Crippen molar-refractivity contribution in [1.29, 1.82) is 0 Å². The van der Waals surface area contributed by atoms with Gasteiger partial charge in [-0.15, -0.1) is 0 Å². The lowest BCUT2D eigenvalue weighted by Crippen LogP contribution is -1.96. The molecule has 0 heterocycles. The van der Waals surface area contributed by atoms with E-state index in [9.17, 15) is 4.39 Å². The maximum atomic E-state index is 13.5. The molecule has 0 aliphatic heterocycles. The largest absolute Gasteiger partial charge is 0.494 e. The predicted octanol–water partition coefficient (Wildman–Crippen LogP) is 3.47. The Kier molecular flexibility index (Phi) is 3.37. The van der Waals surface area contributed by atoms with E-state index in [1.807, 2.05) is 19.1 Å². The zero-order valence-electron chi connectivity index (χ0n) is 10.3. The van der Waals surface area contributed by atoms with Crippen LogP contribution in [0.1, 0.15) is 5.56 Å². The van der Waals surface area contributed by atoms with Crippen molar-refractivity contribution in [3.63, 3.8) is 0 Å². The molecule has 0 unspecified atom stereocenters. The first kappa shape index (κ1) is 12.2. The van der Waals surface area contributed by atoms with Gasteiger partial charge in [0.05, 0.1) is 7.11 Å². The van der Waals surface area contributed by atoms with Gasteiger partial charge in [-0.25, -0.2) is 4.39 Å². The summed E-state index contributed by atoms with van der Waals surface area (Å²) in [6, 6.07) is 10.3. The lowest BCUT2D eigenvalue weighted by molar-refractivity contribution is 0.386. The van der Waals surface area contributed by atoms with E-state index in [4.69, 9.17) is 10.5 Å². The number of benzene rings is 2. The zero-order valence-corrected chi connectivity index (χ0v) is 10.3. The highest BCUT2D eigenvalue weighted by molar-refractivity contribution is 5.66. The van der Waals surface area contributed by atoms with Gasteiger partial charge in [-0.2, -0.15) is 0 Å². The number of nitrogens with one attached hydrogen (secondary N) is 1. The fourth-order valence-corrected chi connectivity index (χ4v) is 1.73. The van der Waals surface area contributed by atoms with Crippen LogP contribution in [0.3, 0.4) is 0 Å². The van der Waals surface area contributed by atoms with Crippen LogP contribution < -0.4 is 15.8 Å². The average molecular weight is 246 g/mol. The molecule has 0 amide bonds. The lowest BCUT2D eigenvalue weighted by atomic mass is 10.1. The molecule has 0 radical (unpaired) electrons. The third-order valence-corrected chi connectivity index (χ3v) is 2.68. The molecule has 0 fully saturated rings. The number of anilines is 3. The molecule has 0 atom stereocenters. The van der Waals surface area contributed by atoms with Crippen molar-refractivity contribution in [2.24, 2.45) is 0 Å². The Hall–Kier alpha value is -2.23. The SMILES string of the molecule is COc1ccc(Nc2ccc(N)cc2C)cc1F. The lowest BCUT2D eigenvalue weighted by Gasteiger charge is -2.11. The molecule has 0 spiro atoms. The third kappa shape index (κ3) is 2.53. The summed E-state index contributed by atoms with van der Waals surface area (Å²) in [6.07, 6.45) is 0. The van der Waals surface area contributed by atoms with E-state index < -0.39 is 5.82 Å². The van der Waals surface area contributed by atoms with Crippen LogP contribution in [-0.4, -0.2) is 7.11 Å². The van der Waals surface area contributed by atoms with Crippen molar-refractivity contribution in [2.45, 2.75) is 6.92 Å². The van der Waals surface area contributed by atoms with E-state index in [0.717, 1.165) is 11.3 Å². The number of hydrogen-bond acceptors (Lipinski definition) is 3. The maximum Gasteiger partial charge on any atom is 0.167 e. The first-order valence-corrected chi connectivity index (χ1v) is 5.57. The molecule has 0 aliphatic rings. The van der Waals surface area contributed by atoms with Gasteiger partial charge in [0, 0.05) is 23.1 Å². The van der Waals surface area contributed by atoms with Crippen LogP contribution in [-0.2, 0) is 0 Å². The molecule has 3 nitrogen and oxygen atoms in total. The number of hydrogen-bond donors (Lipinski definition) is 2. The second-order valence-electron chi connectivity index (χ2n) is 4.05. The van der Waals surface area contributed by atoms with Gasteiger partial charge in [0.15, 0.2) is 11.6 Å². The molecule has 2 aromatic carbocycles. The molecule has 94 valence electrons. The molecule has 4 heteroatoms. The van der Waals surface area contributed by atoms with Gasteiger partial charge < -0.3 is 15.8 Å². The second-order valence-corrected chi connectivity index (χ2v) is 4.05. The van der Waals surface area contributed by atoms with Crippen molar-refractivity contribution >= 4 is 17.1 Å². The standard InChI is InChI=1S/C14H15FN2O/c1-9-7-10(16)3-5-13(9)17-11-4-6-14(18-2)12(15)8-11/h3-8,17H,16H2,1-2H3. The number of nitrogen functional groups attached to an aromatic ring is 1. The Bertz CT molecular complexity index is 570. The summed E-state index contributed by atoms with van der Waals surface area (Å²) in [7, 11) is 1.44. The molecular weight excluding hydrogens is 231 g/mol. The Morgan fingerprint density at radius 3 is 2.56 bits per heavy atom. The van der Waals surface area contributed by atoms with Gasteiger partial charge in [-0.3, -0.25) is 0 Å². The monoisotopic (exact) mass is 246 g/mol. The summed E-state index contributed by atoms with van der Waals surface area (Å²) in [4.78, 5) is 0. The average Bonchev–Trinajstić information content (AvgIpc) is 2.33. The maximum absolute atomic E-state index is 13.5. The number of methoxy groups -OCH3 is 1. The van der Waals surface area contributed by atoms with E-state index >= 15 is 0 Å².